The molecule has 0 bridgehead atoms. The van der Waals surface area contributed by atoms with E-state index in [2.05, 4.69) is 29.2 Å². The van der Waals surface area contributed by atoms with Crippen LogP contribution in [0.3, 0.4) is 0 Å². The zero-order valence-electron chi connectivity index (χ0n) is 12.6. The van der Waals surface area contributed by atoms with Gasteiger partial charge in [0, 0.05) is 18.7 Å². The SMILES string of the molecule is CC(C)CN(c1nc(NN)ccc1[N+](=O)[O-])C1CCCC1. The lowest BCUT2D eigenvalue weighted by Gasteiger charge is -2.31. The summed E-state index contributed by atoms with van der Waals surface area (Å²) >= 11 is 0. The molecule has 1 aromatic heterocycles. The predicted octanol–water partition coefficient (Wildman–Crippen LogP) is 2.68. The lowest BCUT2D eigenvalue weighted by atomic mass is 10.1. The van der Waals surface area contributed by atoms with Crippen molar-refractivity contribution in [1.29, 1.82) is 0 Å². The van der Waals surface area contributed by atoms with Crippen molar-refractivity contribution in [3.63, 3.8) is 0 Å². The molecule has 1 saturated carbocycles. The van der Waals surface area contributed by atoms with Gasteiger partial charge in [-0.1, -0.05) is 26.7 Å². The number of anilines is 2. The number of aromatic nitrogens is 1. The summed E-state index contributed by atoms with van der Waals surface area (Å²) in [5.74, 6) is 6.68. The minimum atomic E-state index is -0.370. The molecular weight excluding hydrogens is 270 g/mol. The maximum Gasteiger partial charge on any atom is 0.311 e. The molecule has 0 amide bonds. The fourth-order valence-corrected chi connectivity index (χ4v) is 2.89. The topological polar surface area (TPSA) is 97.3 Å². The molecule has 7 nitrogen and oxygen atoms in total. The van der Waals surface area contributed by atoms with E-state index in [-0.39, 0.29) is 10.6 Å². The molecule has 21 heavy (non-hydrogen) atoms. The maximum absolute atomic E-state index is 11.3. The molecule has 1 aromatic rings. The van der Waals surface area contributed by atoms with Gasteiger partial charge in [0.2, 0.25) is 5.82 Å². The number of pyridine rings is 1. The summed E-state index contributed by atoms with van der Waals surface area (Å²) < 4.78 is 0. The number of hydrazine groups is 1. The molecule has 1 aliphatic carbocycles. The highest BCUT2D eigenvalue weighted by molar-refractivity contribution is 5.62. The summed E-state index contributed by atoms with van der Waals surface area (Å²) in [6, 6.07) is 3.33. The monoisotopic (exact) mass is 293 g/mol. The van der Waals surface area contributed by atoms with E-state index < -0.39 is 0 Å². The molecule has 1 aliphatic rings. The summed E-state index contributed by atoms with van der Waals surface area (Å²) in [5.41, 5.74) is 2.52. The van der Waals surface area contributed by atoms with Crippen molar-refractivity contribution in [3.05, 3.63) is 22.2 Å². The highest BCUT2D eigenvalue weighted by atomic mass is 16.6. The second kappa shape index (κ2) is 6.71. The molecule has 116 valence electrons. The van der Waals surface area contributed by atoms with Crippen molar-refractivity contribution in [2.75, 3.05) is 16.9 Å². The fourth-order valence-electron chi connectivity index (χ4n) is 2.89. The number of hydrogen-bond donors (Lipinski definition) is 2. The summed E-state index contributed by atoms with van der Waals surface area (Å²) in [6.45, 7) is 4.98. The third-order valence-electron chi connectivity index (χ3n) is 3.80. The van der Waals surface area contributed by atoms with E-state index in [9.17, 15) is 10.1 Å². The van der Waals surface area contributed by atoms with Crippen LogP contribution in [0.5, 0.6) is 0 Å². The Bertz CT molecular complexity index is 500. The minimum Gasteiger partial charge on any atom is -0.348 e. The maximum atomic E-state index is 11.3. The molecule has 0 unspecified atom stereocenters. The number of nitrogen functional groups attached to an aromatic ring is 1. The Kier molecular flexibility index (Phi) is 4.95. The second-order valence-corrected chi connectivity index (χ2v) is 5.93. The quantitative estimate of drug-likeness (QED) is 0.475. The van der Waals surface area contributed by atoms with E-state index in [1.54, 1.807) is 0 Å². The summed E-state index contributed by atoms with van der Waals surface area (Å²) in [6.07, 6.45) is 4.46. The van der Waals surface area contributed by atoms with Crippen molar-refractivity contribution >= 4 is 17.3 Å². The molecule has 0 aromatic carbocycles. The Morgan fingerprint density at radius 3 is 2.67 bits per heavy atom. The number of nitrogens with two attached hydrogens (primary N) is 1. The largest absolute Gasteiger partial charge is 0.348 e. The van der Waals surface area contributed by atoms with Gasteiger partial charge in [0.05, 0.1) is 4.92 Å². The van der Waals surface area contributed by atoms with Crippen LogP contribution in [0.4, 0.5) is 17.3 Å². The average molecular weight is 293 g/mol. The van der Waals surface area contributed by atoms with Gasteiger partial charge in [-0.05, 0) is 24.8 Å². The highest BCUT2D eigenvalue weighted by Gasteiger charge is 2.30. The van der Waals surface area contributed by atoms with Gasteiger partial charge in [-0.25, -0.2) is 10.8 Å². The van der Waals surface area contributed by atoms with Crippen molar-refractivity contribution in [3.8, 4) is 0 Å². The van der Waals surface area contributed by atoms with Crippen LogP contribution in [-0.2, 0) is 0 Å². The van der Waals surface area contributed by atoms with Gasteiger partial charge < -0.3 is 10.3 Å². The van der Waals surface area contributed by atoms with E-state index in [1.807, 2.05) is 0 Å². The fraction of sp³-hybridized carbons (Fsp3) is 0.643. The molecule has 0 saturated heterocycles. The van der Waals surface area contributed by atoms with Gasteiger partial charge in [-0.2, -0.15) is 0 Å². The normalized spacial score (nSPS) is 15.4. The first-order valence-corrected chi connectivity index (χ1v) is 7.41. The van der Waals surface area contributed by atoms with Crippen molar-refractivity contribution in [1.82, 2.24) is 4.98 Å². The number of rotatable bonds is 6. The highest BCUT2D eigenvalue weighted by Crippen LogP contribution is 2.34. The lowest BCUT2D eigenvalue weighted by Crippen LogP contribution is -2.37. The standard InChI is InChI=1S/C14H23N5O2/c1-10(2)9-18(11-5-3-4-6-11)14-12(19(20)21)7-8-13(16-14)17-15/h7-8,10-11H,3-6,9,15H2,1-2H3,(H,16,17). The molecule has 0 radical (unpaired) electrons. The van der Waals surface area contributed by atoms with Crippen LogP contribution < -0.4 is 16.2 Å². The van der Waals surface area contributed by atoms with E-state index >= 15 is 0 Å². The van der Waals surface area contributed by atoms with E-state index in [0.717, 1.165) is 19.4 Å². The number of nitrogens with zero attached hydrogens (tertiary/aromatic N) is 3. The van der Waals surface area contributed by atoms with Crippen LogP contribution in [0.15, 0.2) is 12.1 Å². The third kappa shape index (κ3) is 3.60. The average Bonchev–Trinajstić information content (AvgIpc) is 2.97. The summed E-state index contributed by atoms with van der Waals surface area (Å²) in [5, 5.41) is 11.3. The van der Waals surface area contributed by atoms with Crippen molar-refractivity contribution < 1.29 is 4.92 Å². The molecule has 0 aliphatic heterocycles. The Morgan fingerprint density at radius 1 is 1.48 bits per heavy atom. The van der Waals surface area contributed by atoms with Gasteiger partial charge in [0.1, 0.15) is 5.82 Å². The zero-order chi connectivity index (χ0) is 15.4. The second-order valence-electron chi connectivity index (χ2n) is 5.93. The smallest absolute Gasteiger partial charge is 0.311 e. The Balaban J connectivity index is 2.43. The van der Waals surface area contributed by atoms with Crippen LogP contribution >= 0.6 is 0 Å². The summed E-state index contributed by atoms with van der Waals surface area (Å²) in [7, 11) is 0. The number of hydrogen-bond acceptors (Lipinski definition) is 6. The molecule has 7 heteroatoms. The molecule has 1 fully saturated rings. The van der Waals surface area contributed by atoms with Gasteiger partial charge >= 0.3 is 5.69 Å². The number of nitrogens with one attached hydrogen (secondary N) is 1. The molecule has 0 spiro atoms. The molecular formula is C14H23N5O2. The van der Waals surface area contributed by atoms with Crippen LogP contribution in [0, 0.1) is 16.0 Å². The third-order valence-corrected chi connectivity index (χ3v) is 3.80. The first-order valence-electron chi connectivity index (χ1n) is 7.41. The first-order chi connectivity index (χ1) is 10.0. The lowest BCUT2D eigenvalue weighted by molar-refractivity contribution is -0.384. The van der Waals surface area contributed by atoms with Gasteiger partial charge in [0.25, 0.3) is 0 Å². The Hall–Kier alpha value is -1.89. The molecule has 0 atom stereocenters. The minimum absolute atomic E-state index is 0.0431. The van der Waals surface area contributed by atoms with Crippen molar-refractivity contribution in [2.24, 2.45) is 11.8 Å². The van der Waals surface area contributed by atoms with Crippen LogP contribution in [0.25, 0.3) is 0 Å². The predicted molar refractivity (Wildman–Crippen MR) is 83.1 cm³/mol. The van der Waals surface area contributed by atoms with Gasteiger partial charge in [0.15, 0.2) is 0 Å². The van der Waals surface area contributed by atoms with Crippen LogP contribution in [0.2, 0.25) is 0 Å². The summed E-state index contributed by atoms with van der Waals surface area (Å²) in [4.78, 5) is 17.4. The Labute approximate surface area is 124 Å². The Morgan fingerprint density at radius 2 is 2.14 bits per heavy atom. The van der Waals surface area contributed by atoms with E-state index in [4.69, 9.17) is 5.84 Å². The molecule has 1 heterocycles. The van der Waals surface area contributed by atoms with Gasteiger partial charge in [-0.3, -0.25) is 10.1 Å². The van der Waals surface area contributed by atoms with Gasteiger partial charge in [-0.15, -0.1) is 0 Å². The zero-order valence-corrected chi connectivity index (χ0v) is 12.6. The van der Waals surface area contributed by atoms with E-state index in [1.165, 1.54) is 25.0 Å². The van der Waals surface area contributed by atoms with Crippen molar-refractivity contribution in [2.45, 2.75) is 45.6 Å². The molecule has 2 rings (SSSR count). The van der Waals surface area contributed by atoms with Crippen LogP contribution in [-0.4, -0.2) is 22.5 Å². The first kappa shape index (κ1) is 15.5. The van der Waals surface area contributed by atoms with E-state index in [0.29, 0.717) is 23.6 Å². The molecule has 3 N–H and O–H groups in total. The number of nitro groups is 1. The van der Waals surface area contributed by atoms with Crippen LogP contribution in [0.1, 0.15) is 39.5 Å².